The average Bonchev–Trinajstić information content (AvgIpc) is 2.53. The lowest BCUT2D eigenvalue weighted by atomic mass is 9.65. The fourth-order valence-electron chi connectivity index (χ4n) is 5.12. The molecule has 0 radical (unpaired) electrons. The van der Waals surface area contributed by atoms with Crippen molar-refractivity contribution in [3.8, 4) is 0 Å². The van der Waals surface area contributed by atoms with Crippen molar-refractivity contribution in [2.45, 2.75) is 57.9 Å². The monoisotopic (exact) mass is 312 g/mol. The molecule has 0 spiro atoms. The number of hydrogen-bond acceptors (Lipinski definition) is 2. The summed E-state index contributed by atoms with van der Waals surface area (Å²) in [5.41, 5.74) is 10.1. The van der Waals surface area contributed by atoms with Crippen LogP contribution in [-0.2, 0) is 11.2 Å². The highest BCUT2D eigenvalue weighted by Crippen LogP contribution is 2.43. The molecule has 1 aromatic carbocycles. The van der Waals surface area contributed by atoms with E-state index in [1.807, 2.05) is 0 Å². The summed E-state index contributed by atoms with van der Waals surface area (Å²) in [7, 11) is 0. The lowest BCUT2D eigenvalue weighted by Gasteiger charge is -2.45. The molecular weight excluding hydrogens is 284 g/mol. The zero-order valence-corrected chi connectivity index (χ0v) is 14.1. The van der Waals surface area contributed by atoms with Crippen LogP contribution in [0.1, 0.15) is 49.7 Å². The van der Waals surface area contributed by atoms with Crippen LogP contribution in [0.15, 0.2) is 18.2 Å². The minimum Gasteiger partial charge on any atom is -0.327 e. The highest BCUT2D eigenvalue weighted by Gasteiger charge is 2.42. The van der Waals surface area contributed by atoms with E-state index >= 15 is 0 Å². The van der Waals surface area contributed by atoms with Crippen LogP contribution in [0.3, 0.4) is 0 Å². The first-order chi connectivity index (χ1) is 11.1. The number of benzene rings is 1. The molecule has 2 fully saturated rings. The fourth-order valence-corrected chi connectivity index (χ4v) is 5.12. The topological polar surface area (TPSA) is 46.3 Å². The highest BCUT2D eigenvalue weighted by molar-refractivity contribution is 5.96. The maximum Gasteiger partial charge on any atom is 0.230 e. The molecule has 2 aliphatic carbocycles. The first kappa shape index (κ1) is 15.2. The fraction of sp³-hybridized carbons (Fsp3) is 0.650. The summed E-state index contributed by atoms with van der Waals surface area (Å²) in [5, 5.41) is 0. The van der Waals surface area contributed by atoms with E-state index < -0.39 is 0 Å². The van der Waals surface area contributed by atoms with Gasteiger partial charge in [0.15, 0.2) is 0 Å². The Morgan fingerprint density at radius 3 is 2.65 bits per heavy atom. The summed E-state index contributed by atoms with van der Waals surface area (Å²) in [6, 6.07) is 6.90. The number of nitrogens with zero attached hydrogens (tertiary/aromatic N) is 1. The van der Waals surface area contributed by atoms with E-state index in [1.54, 1.807) is 0 Å². The number of amides is 1. The summed E-state index contributed by atoms with van der Waals surface area (Å²) < 4.78 is 0. The predicted molar refractivity (Wildman–Crippen MR) is 93.4 cm³/mol. The van der Waals surface area contributed by atoms with Gasteiger partial charge in [-0.1, -0.05) is 18.6 Å². The van der Waals surface area contributed by atoms with Gasteiger partial charge in [0.05, 0.1) is 0 Å². The molecule has 0 aromatic heterocycles. The van der Waals surface area contributed by atoms with Gasteiger partial charge >= 0.3 is 0 Å². The molecule has 124 valence electrons. The summed E-state index contributed by atoms with van der Waals surface area (Å²) in [4.78, 5) is 15.3. The summed E-state index contributed by atoms with van der Waals surface area (Å²) in [5.74, 6) is 1.69. The van der Waals surface area contributed by atoms with Crippen molar-refractivity contribution in [2.24, 2.45) is 23.5 Å². The highest BCUT2D eigenvalue weighted by atomic mass is 16.2. The van der Waals surface area contributed by atoms with E-state index in [-0.39, 0.29) is 5.92 Å². The number of carbonyl (C=O) groups excluding carboxylic acids is 1. The maximum absolute atomic E-state index is 13.3. The number of rotatable bonds is 1. The van der Waals surface area contributed by atoms with Gasteiger partial charge in [0, 0.05) is 24.2 Å². The van der Waals surface area contributed by atoms with Crippen LogP contribution in [0.2, 0.25) is 0 Å². The Labute approximate surface area is 139 Å². The summed E-state index contributed by atoms with van der Waals surface area (Å²) in [6.07, 6.45) is 7.94. The number of fused-ring (bicyclic) bond motifs is 3. The summed E-state index contributed by atoms with van der Waals surface area (Å²) in [6.45, 7) is 2.99. The van der Waals surface area contributed by atoms with Crippen LogP contribution < -0.4 is 10.6 Å². The van der Waals surface area contributed by atoms with Crippen LogP contribution in [0, 0.1) is 24.7 Å². The van der Waals surface area contributed by atoms with Gasteiger partial charge in [0.2, 0.25) is 5.91 Å². The second-order valence-corrected chi connectivity index (χ2v) is 7.92. The van der Waals surface area contributed by atoms with Crippen LogP contribution >= 0.6 is 0 Å². The molecule has 23 heavy (non-hydrogen) atoms. The molecule has 2 saturated carbocycles. The number of hydrogen-bond donors (Lipinski definition) is 1. The van der Waals surface area contributed by atoms with Crippen molar-refractivity contribution >= 4 is 11.6 Å². The SMILES string of the molecule is Cc1ccc2c(c1)N(C(=O)C1CC3CCCC(C1)C3N)CCC2. The van der Waals surface area contributed by atoms with Crippen molar-refractivity contribution in [2.75, 3.05) is 11.4 Å². The molecule has 1 heterocycles. The van der Waals surface area contributed by atoms with Crippen LogP contribution in [0.25, 0.3) is 0 Å². The molecule has 1 aromatic rings. The lowest BCUT2D eigenvalue weighted by molar-refractivity contribution is -0.125. The van der Waals surface area contributed by atoms with Crippen molar-refractivity contribution in [3.05, 3.63) is 29.3 Å². The molecule has 2 bridgehead atoms. The zero-order chi connectivity index (χ0) is 16.0. The first-order valence-corrected chi connectivity index (χ1v) is 9.30. The smallest absolute Gasteiger partial charge is 0.230 e. The van der Waals surface area contributed by atoms with E-state index in [9.17, 15) is 4.79 Å². The number of aryl methyl sites for hydroxylation is 2. The largest absolute Gasteiger partial charge is 0.327 e. The van der Waals surface area contributed by atoms with E-state index in [4.69, 9.17) is 5.73 Å². The minimum atomic E-state index is 0.191. The van der Waals surface area contributed by atoms with E-state index in [1.165, 1.54) is 36.1 Å². The van der Waals surface area contributed by atoms with Crippen molar-refractivity contribution in [3.63, 3.8) is 0 Å². The molecule has 3 nitrogen and oxygen atoms in total. The van der Waals surface area contributed by atoms with E-state index in [0.29, 0.717) is 23.8 Å². The standard InChI is InChI=1S/C20H28N2O/c1-13-7-8-14-6-3-9-22(18(14)10-13)20(23)17-11-15-4-2-5-16(12-17)19(15)21/h7-8,10,15-17,19H,2-6,9,11-12,21H2,1H3. The molecule has 1 amide bonds. The maximum atomic E-state index is 13.3. The Balaban J connectivity index is 1.57. The van der Waals surface area contributed by atoms with Crippen molar-refractivity contribution < 1.29 is 4.79 Å². The Bertz CT molecular complexity index is 598. The second kappa shape index (κ2) is 5.94. The van der Waals surface area contributed by atoms with Gasteiger partial charge in [-0.15, -0.1) is 0 Å². The minimum absolute atomic E-state index is 0.191. The van der Waals surface area contributed by atoms with Crippen molar-refractivity contribution in [1.82, 2.24) is 0 Å². The second-order valence-electron chi connectivity index (χ2n) is 7.92. The molecule has 2 N–H and O–H groups in total. The van der Waals surface area contributed by atoms with Gasteiger partial charge in [0.1, 0.15) is 0 Å². The zero-order valence-electron chi connectivity index (χ0n) is 14.1. The third-order valence-electron chi connectivity index (χ3n) is 6.39. The lowest BCUT2D eigenvalue weighted by Crippen LogP contribution is -2.50. The van der Waals surface area contributed by atoms with Gasteiger partial charge in [0.25, 0.3) is 0 Å². The molecule has 3 aliphatic rings. The Hall–Kier alpha value is -1.35. The Kier molecular flexibility index (Phi) is 3.92. The van der Waals surface area contributed by atoms with Gasteiger partial charge in [-0.25, -0.2) is 0 Å². The normalized spacial score (nSPS) is 33.2. The van der Waals surface area contributed by atoms with Crippen LogP contribution in [-0.4, -0.2) is 18.5 Å². The van der Waals surface area contributed by atoms with Gasteiger partial charge in [-0.05, 0) is 74.5 Å². The Morgan fingerprint density at radius 1 is 1.17 bits per heavy atom. The Morgan fingerprint density at radius 2 is 1.91 bits per heavy atom. The number of nitrogens with two attached hydrogens (primary N) is 1. The molecule has 0 saturated heterocycles. The van der Waals surface area contributed by atoms with Gasteiger partial charge < -0.3 is 10.6 Å². The molecule has 1 aliphatic heterocycles. The molecule has 2 atom stereocenters. The third-order valence-corrected chi connectivity index (χ3v) is 6.39. The van der Waals surface area contributed by atoms with Gasteiger partial charge in [-0.2, -0.15) is 0 Å². The predicted octanol–water partition coefficient (Wildman–Crippen LogP) is 3.43. The molecular formula is C20H28N2O. The quantitative estimate of drug-likeness (QED) is 0.863. The van der Waals surface area contributed by atoms with E-state index in [0.717, 1.165) is 32.2 Å². The van der Waals surface area contributed by atoms with Crippen LogP contribution in [0.4, 0.5) is 5.69 Å². The molecule has 2 unspecified atom stereocenters. The van der Waals surface area contributed by atoms with Crippen molar-refractivity contribution in [1.29, 1.82) is 0 Å². The van der Waals surface area contributed by atoms with E-state index in [2.05, 4.69) is 30.0 Å². The number of carbonyl (C=O) groups is 1. The molecule has 4 rings (SSSR count). The average molecular weight is 312 g/mol. The number of anilines is 1. The molecule has 3 heteroatoms. The van der Waals surface area contributed by atoms with Crippen LogP contribution in [0.5, 0.6) is 0 Å². The van der Waals surface area contributed by atoms with Gasteiger partial charge in [-0.3, -0.25) is 4.79 Å². The third kappa shape index (κ3) is 2.69. The summed E-state index contributed by atoms with van der Waals surface area (Å²) >= 11 is 0. The first-order valence-electron chi connectivity index (χ1n) is 9.30.